The van der Waals surface area contributed by atoms with E-state index in [4.69, 9.17) is 16.0 Å². The van der Waals surface area contributed by atoms with Crippen LogP contribution in [0.2, 0.25) is 5.02 Å². The Bertz CT molecular complexity index is 1170. The fraction of sp³-hybridized carbons (Fsp3) is 0.304. The number of carbonyl (C=O) groups is 1. The lowest BCUT2D eigenvalue weighted by Crippen LogP contribution is -2.35. The van der Waals surface area contributed by atoms with Crippen LogP contribution in [0.1, 0.15) is 38.9 Å². The van der Waals surface area contributed by atoms with Crippen molar-refractivity contribution in [3.05, 3.63) is 79.7 Å². The number of nitrogens with zero attached hydrogens (tertiary/aromatic N) is 2. The van der Waals surface area contributed by atoms with E-state index in [1.54, 1.807) is 17.0 Å². The number of hydrogen-bond donors (Lipinski definition) is 0. The molecule has 1 atom stereocenters. The van der Waals surface area contributed by atoms with Crippen molar-refractivity contribution in [3.63, 3.8) is 0 Å². The third kappa shape index (κ3) is 3.34. The Morgan fingerprint density at radius 1 is 1.07 bits per heavy atom. The molecule has 1 amide bonds. The summed E-state index contributed by atoms with van der Waals surface area (Å²) >= 11 is 6.06. The molecule has 0 N–H and O–H groups in total. The molecule has 2 heterocycles. The molecule has 0 saturated carbocycles. The van der Waals surface area contributed by atoms with Crippen LogP contribution in [0.15, 0.2) is 45.6 Å². The van der Waals surface area contributed by atoms with Gasteiger partial charge in [-0.15, -0.1) is 0 Å². The Morgan fingerprint density at radius 3 is 2.38 bits per heavy atom. The van der Waals surface area contributed by atoms with Crippen molar-refractivity contribution >= 4 is 28.5 Å². The van der Waals surface area contributed by atoms with Crippen LogP contribution in [0.3, 0.4) is 0 Å². The third-order valence-electron chi connectivity index (χ3n) is 5.56. The first-order chi connectivity index (χ1) is 13.8. The fourth-order valence-electron chi connectivity index (χ4n) is 3.81. The van der Waals surface area contributed by atoms with Crippen LogP contribution in [-0.4, -0.2) is 42.9 Å². The number of carbonyl (C=O) groups excluding carboxylic acids is 1. The number of rotatable bonds is 4. The Balaban J connectivity index is 1.96. The SMILES string of the molecule is Cc1cc2oc3c(c(=O)c2cc1C)[C@@H](c1ccc(Cl)cc1)N(CCN(C)C)C3=O. The van der Waals surface area contributed by atoms with E-state index in [1.165, 1.54) is 0 Å². The van der Waals surface area contributed by atoms with Crippen LogP contribution >= 0.6 is 11.6 Å². The summed E-state index contributed by atoms with van der Waals surface area (Å²) < 4.78 is 6.01. The summed E-state index contributed by atoms with van der Waals surface area (Å²) in [5, 5.41) is 1.11. The second kappa shape index (κ2) is 7.32. The molecule has 0 unspecified atom stereocenters. The molecule has 6 heteroatoms. The molecular weight excluding hydrogens is 388 g/mol. The van der Waals surface area contributed by atoms with Crippen molar-refractivity contribution < 1.29 is 9.21 Å². The van der Waals surface area contributed by atoms with Crippen molar-refractivity contribution in [1.29, 1.82) is 0 Å². The zero-order valence-corrected chi connectivity index (χ0v) is 17.7. The van der Waals surface area contributed by atoms with Gasteiger partial charge in [0.05, 0.1) is 17.0 Å². The van der Waals surface area contributed by atoms with Gasteiger partial charge >= 0.3 is 0 Å². The first kappa shape index (κ1) is 19.7. The zero-order chi connectivity index (χ0) is 20.9. The van der Waals surface area contributed by atoms with Gasteiger partial charge in [0.15, 0.2) is 5.43 Å². The predicted molar refractivity (Wildman–Crippen MR) is 115 cm³/mol. The van der Waals surface area contributed by atoms with Gasteiger partial charge in [0, 0.05) is 18.1 Å². The molecule has 0 bridgehead atoms. The Labute approximate surface area is 174 Å². The molecule has 0 radical (unpaired) electrons. The Morgan fingerprint density at radius 2 is 1.72 bits per heavy atom. The molecule has 2 aromatic carbocycles. The van der Waals surface area contributed by atoms with Crippen molar-refractivity contribution in [1.82, 2.24) is 9.80 Å². The molecule has 5 nitrogen and oxygen atoms in total. The van der Waals surface area contributed by atoms with E-state index in [1.807, 2.05) is 57.1 Å². The number of likely N-dealkylation sites (N-methyl/N-ethyl adjacent to an activating group) is 1. The summed E-state index contributed by atoms with van der Waals surface area (Å²) in [7, 11) is 3.91. The average molecular weight is 411 g/mol. The summed E-state index contributed by atoms with van der Waals surface area (Å²) in [5.74, 6) is -0.108. The molecule has 1 aliphatic heterocycles. The fourth-order valence-corrected chi connectivity index (χ4v) is 3.93. The first-order valence-electron chi connectivity index (χ1n) is 9.57. The van der Waals surface area contributed by atoms with Gasteiger partial charge in [-0.1, -0.05) is 23.7 Å². The molecule has 0 fully saturated rings. The lowest BCUT2D eigenvalue weighted by atomic mass is 9.97. The van der Waals surface area contributed by atoms with E-state index in [0.29, 0.717) is 34.6 Å². The molecule has 29 heavy (non-hydrogen) atoms. The highest BCUT2D eigenvalue weighted by Crippen LogP contribution is 2.38. The highest BCUT2D eigenvalue weighted by atomic mass is 35.5. The number of fused-ring (bicyclic) bond motifs is 2. The molecule has 0 spiro atoms. The van der Waals surface area contributed by atoms with Gasteiger partial charge in [-0.3, -0.25) is 9.59 Å². The summed E-state index contributed by atoms with van der Waals surface area (Å²) in [4.78, 5) is 30.5. The highest BCUT2D eigenvalue weighted by Gasteiger charge is 2.42. The van der Waals surface area contributed by atoms with Crippen molar-refractivity contribution in [2.45, 2.75) is 19.9 Å². The van der Waals surface area contributed by atoms with E-state index in [-0.39, 0.29) is 17.1 Å². The van der Waals surface area contributed by atoms with Gasteiger partial charge in [-0.2, -0.15) is 0 Å². The third-order valence-corrected chi connectivity index (χ3v) is 5.81. The van der Waals surface area contributed by atoms with Gasteiger partial charge in [0.1, 0.15) is 5.58 Å². The Hall–Kier alpha value is -2.63. The summed E-state index contributed by atoms with van der Waals surface area (Å²) in [6.07, 6.45) is 0. The maximum absolute atomic E-state index is 13.5. The predicted octanol–water partition coefficient (Wildman–Crippen LogP) is 4.17. The lowest BCUT2D eigenvalue weighted by molar-refractivity contribution is 0.0716. The smallest absolute Gasteiger partial charge is 0.290 e. The van der Waals surface area contributed by atoms with Crippen LogP contribution in [0, 0.1) is 13.8 Å². The number of amides is 1. The van der Waals surface area contributed by atoms with Crippen molar-refractivity contribution in [2.75, 3.05) is 27.2 Å². The van der Waals surface area contributed by atoms with Crippen molar-refractivity contribution in [2.24, 2.45) is 0 Å². The minimum atomic E-state index is -0.489. The number of benzene rings is 2. The Kier molecular flexibility index (Phi) is 4.97. The van der Waals surface area contributed by atoms with Gasteiger partial charge in [-0.25, -0.2) is 0 Å². The second-order valence-electron chi connectivity index (χ2n) is 7.86. The van der Waals surface area contributed by atoms with E-state index >= 15 is 0 Å². The van der Waals surface area contributed by atoms with E-state index in [9.17, 15) is 9.59 Å². The number of hydrogen-bond acceptors (Lipinski definition) is 4. The van der Waals surface area contributed by atoms with E-state index in [2.05, 4.69) is 0 Å². The topological polar surface area (TPSA) is 53.8 Å². The van der Waals surface area contributed by atoms with E-state index in [0.717, 1.165) is 16.7 Å². The highest BCUT2D eigenvalue weighted by molar-refractivity contribution is 6.30. The average Bonchev–Trinajstić information content (AvgIpc) is 2.95. The van der Waals surface area contributed by atoms with Gasteiger partial charge < -0.3 is 14.2 Å². The largest absolute Gasteiger partial charge is 0.450 e. The van der Waals surface area contributed by atoms with Crippen LogP contribution < -0.4 is 5.43 Å². The van der Waals surface area contributed by atoms with Crippen LogP contribution in [0.25, 0.3) is 11.0 Å². The first-order valence-corrected chi connectivity index (χ1v) is 9.95. The molecular formula is C23H23ClN2O3. The van der Waals surface area contributed by atoms with Crippen LogP contribution in [0.5, 0.6) is 0 Å². The standard InChI is InChI=1S/C23H23ClN2O3/c1-13-11-17-18(12-14(13)2)29-22-19(21(17)27)20(15-5-7-16(24)8-6-15)26(23(22)28)10-9-25(3)4/h5-8,11-12,20H,9-10H2,1-4H3/t20-/m1/s1. The van der Waals surface area contributed by atoms with Gasteiger partial charge in [0.2, 0.25) is 5.76 Å². The monoisotopic (exact) mass is 410 g/mol. The molecule has 0 saturated heterocycles. The summed E-state index contributed by atoms with van der Waals surface area (Å²) in [5.41, 5.74) is 3.59. The minimum Gasteiger partial charge on any atom is -0.450 e. The normalized spacial score (nSPS) is 16.1. The second-order valence-corrected chi connectivity index (χ2v) is 8.30. The summed E-state index contributed by atoms with van der Waals surface area (Å²) in [6.45, 7) is 5.09. The number of halogens is 1. The molecule has 1 aliphatic rings. The quantitative estimate of drug-likeness (QED) is 0.647. The molecule has 150 valence electrons. The molecule has 4 rings (SSSR count). The summed E-state index contributed by atoms with van der Waals surface area (Å²) in [6, 6.07) is 10.5. The number of aryl methyl sites for hydroxylation is 2. The van der Waals surface area contributed by atoms with Gasteiger partial charge in [0.25, 0.3) is 5.91 Å². The van der Waals surface area contributed by atoms with Crippen molar-refractivity contribution in [3.8, 4) is 0 Å². The van der Waals surface area contributed by atoms with Gasteiger partial charge in [-0.05, 0) is 68.9 Å². The zero-order valence-electron chi connectivity index (χ0n) is 17.0. The molecule has 0 aliphatic carbocycles. The minimum absolute atomic E-state index is 0.143. The molecule has 3 aromatic rings. The maximum Gasteiger partial charge on any atom is 0.290 e. The maximum atomic E-state index is 13.5. The molecule has 1 aromatic heterocycles. The lowest BCUT2D eigenvalue weighted by Gasteiger charge is -2.26. The van der Waals surface area contributed by atoms with Crippen LogP contribution in [0.4, 0.5) is 0 Å². The van der Waals surface area contributed by atoms with Crippen LogP contribution in [-0.2, 0) is 0 Å². The van der Waals surface area contributed by atoms with E-state index < -0.39 is 6.04 Å².